The van der Waals surface area contributed by atoms with Gasteiger partial charge in [-0.15, -0.1) is 0 Å². The van der Waals surface area contributed by atoms with Crippen LogP contribution in [0.5, 0.6) is 5.75 Å². The highest BCUT2D eigenvalue weighted by atomic mass is 16.5. The molecule has 34 heavy (non-hydrogen) atoms. The van der Waals surface area contributed by atoms with Crippen molar-refractivity contribution in [3.05, 3.63) is 96.3 Å². The van der Waals surface area contributed by atoms with Gasteiger partial charge in [0.15, 0.2) is 5.78 Å². The Bertz CT molecular complexity index is 1280. The van der Waals surface area contributed by atoms with Gasteiger partial charge in [0.05, 0.1) is 12.3 Å². The van der Waals surface area contributed by atoms with E-state index < -0.39 is 0 Å². The molecule has 1 N–H and O–H groups in total. The van der Waals surface area contributed by atoms with E-state index in [4.69, 9.17) is 4.74 Å². The maximum Gasteiger partial charge on any atom is 0.225 e. The van der Waals surface area contributed by atoms with Gasteiger partial charge < -0.3 is 10.1 Å². The third-order valence-corrected chi connectivity index (χ3v) is 5.75. The molecule has 1 aliphatic rings. The number of hydrogen-bond acceptors (Lipinski definition) is 5. The average molecular weight is 450 g/mol. The molecule has 168 valence electrons. The first-order valence-corrected chi connectivity index (χ1v) is 11.2. The molecule has 2 aromatic carbocycles. The number of carbonyl (C=O) groups excluding carboxylic acids is 2. The fourth-order valence-corrected chi connectivity index (χ4v) is 3.99. The number of nitrogens with zero attached hydrogens (tertiary/aromatic N) is 2. The Morgan fingerprint density at radius 3 is 2.56 bits per heavy atom. The first kappa shape index (κ1) is 21.5. The molecular formula is C28H23N3O3. The number of ether oxygens (including phenoxy) is 1. The fourth-order valence-electron chi connectivity index (χ4n) is 3.99. The largest absolute Gasteiger partial charge is 0.493 e. The van der Waals surface area contributed by atoms with Crippen LogP contribution in [0, 0.1) is 0 Å². The zero-order valence-electron chi connectivity index (χ0n) is 18.5. The molecule has 5 rings (SSSR count). The molecule has 0 saturated heterocycles. The van der Waals surface area contributed by atoms with Crippen LogP contribution in [0.4, 0.5) is 5.82 Å². The number of aromatic nitrogens is 2. The van der Waals surface area contributed by atoms with E-state index in [0.717, 1.165) is 40.1 Å². The van der Waals surface area contributed by atoms with Crippen LogP contribution in [0.15, 0.2) is 85.2 Å². The van der Waals surface area contributed by atoms with Crippen molar-refractivity contribution in [2.24, 2.45) is 0 Å². The van der Waals surface area contributed by atoms with Crippen molar-refractivity contribution in [2.45, 2.75) is 19.3 Å². The number of carbonyl (C=O) groups is 2. The number of hydrogen-bond donors (Lipinski definition) is 1. The molecule has 0 fully saturated rings. The lowest BCUT2D eigenvalue weighted by molar-refractivity contribution is -0.116. The first-order valence-electron chi connectivity index (χ1n) is 11.2. The van der Waals surface area contributed by atoms with Crippen molar-refractivity contribution >= 4 is 17.5 Å². The minimum atomic E-state index is -0.257. The topological polar surface area (TPSA) is 81.2 Å². The van der Waals surface area contributed by atoms with Gasteiger partial charge in [-0.05, 0) is 47.5 Å². The molecule has 0 spiro atoms. The quantitative estimate of drug-likeness (QED) is 0.385. The van der Waals surface area contributed by atoms with E-state index in [0.29, 0.717) is 18.0 Å². The van der Waals surface area contributed by atoms with Gasteiger partial charge in [-0.2, -0.15) is 0 Å². The summed E-state index contributed by atoms with van der Waals surface area (Å²) in [5, 5.41) is 2.87. The number of benzene rings is 2. The molecule has 1 aliphatic heterocycles. The Morgan fingerprint density at radius 1 is 0.882 bits per heavy atom. The maximum absolute atomic E-state index is 12.7. The summed E-state index contributed by atoms with van der Waals surface area (Å²) in [4.78, 5) is 34.2. The Morgan fingerprint density at radius 2 is 1.74 bits per heavy atom. The predicted octanol–water partition coefficient (Wildman–Crippen LogP) is 5.35. The van der Waals surface area contributed by atoms with Gasteiger partial charge in [-0.3, -0.25) is 14.6 Å². The SMILES string of the molecule is O=C(CCC(=O)c1ccc2c(c1)CCO2)Nc1cc(-c2cccnc2)cc(-c2ccccc2)n1. The summed E-state index contributed by atoms with van der Waals surface area (Å²) < 4.78 is 5.49. The van der Waals surface area contributed by atoms with Gasteiger partial charge in [0.1, 0.15) is 11.6 Å². The summed E-state index contributed by atoms with van der Waals surface area (Å²) >= 11 is 0. The summed E-state index contributed by atoms with van der Waals surface area (Å²) in [5.74, 6) is 0.954. The number of pyridine rings is 2. The van der Waals surface area contributed by atoms with Gasteiger partial charge in [0.25, 0.3) is 0 Å². The molecule has 0 saturated carbocycles. The Hall–Kier alpha value is -4.32. The van der Waals surface area contributed by atoms with Crippen molar-refractivity contribution in [3.8, 4) is 28.1 Å². The normalized spacial score (nSPS) is 12.0. The number of nitrogens with one attached hydrogen (secondary N) is 1. The van der Waals surface area contributed by atoms with Crippen molar-refractivity contribution in [1.29, 1.82) is 0 Å². The van der Waals surface area contributed by atoms with Crippen LogP contribution >= 0.6 is 0 Å². The van der Waals surface area contributed by atoms with E-state index in [9.17, 15) is 9.59 Å². The second-order valence-electron chi connectivity index (χ2n) is 8.13. The van der Waals surface area contributed by atoms with E-state index in [2.05, 4.69) is 15.3 Å². The van der Waals surface area contributed by atoms with E-state index >= 15 is 0 Å². The van der Waals surface area contributed by atoms with Crippen LogP contribution in [0.1, 0.15) is 28.8 Å². The lowest BCUT2D eigenvalue weighted by atomic mass is 10.0. The van der Waals surface area contributed by atoms with Crippen LogP contribution < -0.4 is 10.1 Å². The highest BCUT2D eigenvalue weighted by Crippen LogP contribution is 2.28. The minimum Gasteiger partial charge on any atom is -0.493 e. The molecule has 0 bridgehead atoms. The number of fused-ring (bicyclic) bond motifs is 1. The molecule has 3 heterocycles. The van der Waals surface area contributed by atoms with E-state index in [1.54, 1.807) is 18.5 Å². The Balaban J connectivity index is 1.32. The van der Waals surface area contributed by atoms with Crippen molar-refractivity contribution in [1.82, 2.24) is 9.97 Å². The second-order valence-corrected chi connectivity index (χ2v) is 8.13. The van der Waals surface area contributed by atoms with Crippen LogP contribution in [-0.4, -0.2) is 28.3 Å². The molecule has 6 nitrogen and oxygen atoms in total. The van der Waals surface area contributed by atoms with Gasteiger partial charge >= 0.3 is 0 Å². The van der Waals surface area contributed by atoms with Crippen molar-refractivity contribution in [2.75, 3.05) is 11.9 Å². The minimum absolute atomic E-state index is 0.0631. The van der Waals surface area contributed by atoms with E-state index in [1.807, 2.05) is 66.7 Å². The monoisotopic (exact) mass is 449 g/mol. The second kappa shape index (κ2) is 9.67. The Labute approximate surface area is 197 Å². The highest BCUT2D eigenvalue weighted by Gasteiger charge is 2.16. The third-order valence-electron chi connectivity index (χ3n) is 5.75. The van der Waals surface area contributed by atoms with Crippen LogP contribution in [0.3, 0.4) is 0 Å². The van der Waals surface area contributed by atoms with Crippen molar-refractivity contribution in [3.63, 3.8) is 0 Å². The Kier molecular flexibility index (Phi) is 6.12. The number of rotatable bonds is 7. The molecule has 6 heteroatoms. The van der Waals surface area contributed by atoms with E-state index in [-0.39, 0.29) is 24.5 Å². The van der Waals surface area contributed by atoms with Crippen LogP contribution in [-0.2, 0) is 11.2 Å². The average Bonchev–Trinajstić information content (AvgIpc) is 3.36. The maximum atomic E-state index is 12.7. The van der Waals surface area contributed by atoms with Gasteiger partial charge in [0, 0.05) is 48.3 Å². The lowest BCUT2D eigenvalue weighted by Crippen LogP contribution is -2.14. The molecule has 0 unspecified atom stereocenters. The summed E-state index contributed by atoms with van der Waals surface area (Å²) in [6, 6.07) is 22.9. The number of anilines is 1. The predicted molar refractivity (Wildman–Crippen MR) is 131 cm³/mol. The number of ketones is 1. The summed E-state index contributed by atoms with van der Waals surface area (Å²) in [6.45, 7) is 0.644. The van der Waals surface area contributed by atoms with Gasteiger partial charge in [-0.25, -0.2) is 4.98 Å². The zero-order chi connectivity index (χ0) is 23.3. The molecule has 2 aromatic heterocycles. The summed E-state index contributed by atoms with van der Waals surface area (Å²) in [7, 11) is 0. The molecule has 0 atom stereocenters. The van der Waals surface area contributed by atoms with Crippen LogP contribution in [0.25, 0.3) is 22.4 Å². The smallest absolute Gasteiger partial charge is 0.225 e. The highest BCUT2D eigenvalue weighted by molar-refractivity contribution is 6.00. The first-order chi connectivity index (χ1) is 16.7. The molecule has 0 aliphatic carbocycles. The standard InChI is InChI=1S/C28H23N3O3/c32-25(20-8-10-26-21(15-20)12-14-34-26)9-11-28(33)31-27-17-23(22-7-4-13-29-18-22)16-24(30-27)19-5-2-1-3-6-19/h1-8,10,13,15-18H,9,11-12,14H2,(H,30,31,33). The lowest BCUT2D eigenvalue weighted by Gasteiger charge is -2.11. The summed E-state index contributed by atoms with van der Waals surface area (Å²) in [5.41, 5.74) is 5.16. The van der Waals surface area contributed by atoms with Gasteiger partial charge in [0.2, 0.25) is 5.91 Å². The van der Waals surface area contributed by atoms with Gasteiger partial charge in [-0.1, -0.05) is 36.4 Å². The molecule has 0 radical (unpaired) electrons. The molecular weight excluding hydrogens is 426 g/mol. The third kappa shape index (κ3) is 4.86. The van der Waals surface area contributed by atoms with E-state index in [1.165, 1.54) is 0 Å². The fraction of sp³-hybridized carbons (Fsp3) is 0.143. The molecule has 1 amide bonds. The number of Topliss-reactive ketones (excluding diaryl/α,β-unsaturated/α-hetero) is 1. The number of amides is 1. The summed E-state index contributed by atoms with van der Waals surface area (Å²) in [6.07, 6.45) is 4.50. The zero-order valence-corrected chi connectivity index (χ0v) is 18.5. The molecule has 4 aromatic rings. The van der Waals surface area contributed by atoms with Crippen molar-refractivity contribution < 1.29 is 14.3 Å². The van der Waals surface area contributed by atoms with Crippen LogP contribution in [0.2, 0.25) is 0 Å².